The van der Waals surface area contributed by atoms with E-state index in [9.17, 15) is 22.8 Å². The molecule has 0 fully saturated rings. The van der Waals surface area contributed by atoms with Crippen molar-refractivity contribution in [3.05, 3.63) is 96.2 Å². The molecule has 3 aromatic carbocycles. The Labute approximate surface area is 247 Å². The molecule has 224 valence electrons. The smallest absolute Gasteiger partial charge is 0.454 e. The molecule has 14 heteroatoms. The van der Waals surface area contributed by atoms with Crippen LogP contribution in [0.1, 0.15) is 15.9 Å². The minimum Gasteiger partial charge on any atom is -0.454 e. The number of amides is 3. The van der Waals surface area contributed by atoms with E-state index in [4.69, 9.17) is 15.2 Å². The van der Waals surface area contributed by atoms with Gasteiger partial charge in [-0.25, -0.2) is 9.78 Å². The number of benzene rings is 3. The van der Waals surface area contributed by atoms with Gasteiger partial charge in [-0.05, 0) is 66.2 Å². The number of nitrogens with one attached hydrogen (secondary N) is 3. The van der Waals surface area contributed by atoms with Gasteiger partial charge in [-0.1, -0.05) is 18.2 Å². The van der Waals surface area contributed by atoms with Gasteiger partial charge in [-0.15, -0.1) is 13.2 Å². The van der Waals surface area contributed by atoms with Crippen molar-refractivity contribution < 1.29 is 37.0 Å². The minimum absolute atomic E-state index is 0.172. The number of ether oxygens (including phenoxy) is 3. The number of nitrogen functional groups attached to an aromatic ring is 1. The second-order valence-corrected chi connectivity index (χ2v) is 9.59. The highest BCUT2D eigenvalue weighted by Gasteiger charge is 2.31. The maximum atomic E-state index is 12.9. The number of hydrogen-bond acceptors (Lipinski definition) is 7. The van der Waals surface area contributed by atoms with Crippen LogP contribution in [0, 0.1) is 0 Å². The number of carbonyl (C=O) groups is 2. The lowest BCUT2D eigenvalue weighted by atomic mass is 10.1. The number of carbonyl (C=O) groups excluding carboxylic acids is 2. The number of anilines is 3. The van der Waals surface area contributed by atoms with Crippen molar-refractivity contribution in [3.63, 3.8) is 0 Å². The Bertz CT molecular complexity index is 1860. The largest absolute Gasteiger partial charge is 0.573 e. The molecule has 0 unspecified atom stereocenters. The third-order valence-corrected chi connectivity index (χ3v) is 6.57. The number of rotatable bonds is 7. The molecular weight excluding hydrogens is 581 g/mol. The zero-order chi connectivity index (χ0) is 30.8. The van der Waals surface area contributed by atoms with Crippen molar-refractivity contribution in [2.45, 2.75) is 12.9 Å². The maximum Gasteiger partial charge on any atom is 0.573 e. The van der Waals surface area contributed by atoms with E-state index < -0.39 is 18.1 Å². The summed E-state index contributed by atoms with van der Waals surface area (Å²) in [6, 6.07) is 19.7. The fourth-order valence-electron chi connectivity index (χ4n) is 4.49. The highest BCUT2D eigenvalue weighted by molar-refractivity contribution is 6.00. The van der Waals surface area contributed by atoms with Crippen LogP contribution in [0.15, 0.2) is 85.1 Å². The molecule has 1 aliphatic rings. The zero-order valence-electron chi connectivity index (χ0n) is 22.6. The van der Waals surface area contributed by atoms with Gasteiger partial charge in [0.15, 0.2) is 11.5 Å². The molecule has 3 amide bonds. The van der Waals surface area contributed by atoms with Crippen LogP contribution in [-0.2, 0) is 6.54 Å². The van der Waals surface area contributed by atoms with Crippen molar-refractivity contribution >= 4 is 34.8 Å². The Morgan fingerprint density at radius 3 is 2.30 bits per heavy atom. The first-order valence-corrected chi connectivity index (χ1v) is 13.1. The van der Waals surface area contributed by atoms with Crippen LogP contribution in [0.5, 0.6) is 17.2 Å². The predicted octanol–water partition coefficient (Wildman–Crippen LogP) is 5.78. The van der Waals surface area contributed by atoms with Crippen LogP contribution in [0.4, 0.5) is 35.2 Å². The highest BCUT2D eigenvalue weighted by Crippen LogP contribution is 2.32. The number of nitrogens with zero attached hydrogens (tertiary/aromatic N) is 2. The molecule has 3 heterocycles. The van der Waals surface area contributed by atoms with Crippen LogP contribution in [0.25, 0.3) is 16.9 Å². The molecule has 2 aromatic heterocycles. The molecular formula is C30H23F3N6O5. The molecule has 0 atom stereocenters. The van der Waals surface area contributed by atoms with E-state index in [1.54, 1.807) is 53.1 Å². The summed E-state index contributed by atoms with van der Waals surface area (Å²) < 4.78 is 53.1. The first-order chi connectivity index (χ1) is 21.1. The molecule has 0 aliphatic carbocycles. The first kappa shape index (κ1) is 28.2. The molecule has 1 aliphatic heterocycles. The first-order valence-electron chi connectivity index (χ1n) is 13.1. The van der Waals surface area contributed by atoms with Crippen molar-refractivity contribution in [1.29, 1.82) is 0 Å². The number of pyridine rings is 1. The zero-order valence-corrected chi connectivity index (χ0v) is 22.6. The monoisotopic (exact) mass is 604 g/mol. The van der Waals surface area contributed by atoms with Crippen molar-refractivity contribution in [2.75, 3.05) is 23.2 Å². The van der Waals surface area contributed by atoms with Crippen molar-refractivity contribution in [2.24, 2.45) is 0 Å². The summed E-state index contributed by atoms with van der Waals surface area (Å²) in [4.78, 5) is 29.8. The van der Waals surface area contributed by atoms with E-state index in [-0.39, 0.29) is 18.4 Å². The summed E-state index contributed by atoms with van der Waals surface area (Å²) >= 11 is 0. The molecule has 5 aromatic rings. The Hall–Kier alpha value is -5.92. The SMILES string of the molecule is Nc1c(-c2ccc(NC(=O)Nc3ccc(OC(F)(F)F)cc3)cc2)nc2ccc(C(=O)NCc3ccc4c(c3)OCO4)cn12. The van der Waals surface area contributed by atoms with Crippen LogP contribution in [-0.4, -0.2) is 34.5 Å². The number of urea groups is 1. The molecule has 0 saturated carbocycles. The molecule has 0 bridgehead atoms. The summed E-state index contributed by atoms with van der Waals surface area (Å²) in [5.41, 5.74) is 10.1. The predicted molar refractivity (Wildman–Crippen MR) is 155 cm³/mol. The van der Waals surface area contributed by atoms with E-state index in [1.807, 2.05) is 12.1 Å². The van der Waals surface area contributed by atoms with Crippen molar-refractivity contribution in [1.82, 2.24) is 14.7 Å². The van der Waals surface area contributed by atoms with Crippen LogP contribution >= 0.6 is 0 Å². The maximum absolute atomic E-state index is 12.9. The van der Waals surface area contributed by atoms with Crippen LogP contribution < -0.4 is 35.9 Å². The molecule has 0 saturated heterocycles. The van der Waals surface area contributed by atoms with Gasteiger partial charge in [-0.3, -0.25) is 9.20 Å². The van der Waals surface area contributed by atoms with Gasteiger partial charge in [0.05, 0.1) is 5.56 Å². The Balaban J connectivity index is 1.08. The third kappa shape index (κ3) is 6.28. The molecule has 6 rings (SSSR count). The standard InChI is InChI=1S/C30H23F3N6O5/c31-30(32,33)44-22-9-7-21(8-10-22)37-29(41)36-20-5-2-18(3-6-20)26-27(34)39-15-19(4-12-25(39)38-26)28(40)35-14-17-1-11-23-24(13-17)43-16-42-23/h1-13,15H,14,16,34H2,(H,35,40)(H2,36,37,41). The van der Waals surface area contributed by atoms with Gasteiger partial charge in [-0.2, -0.15) is 0 Å². The summed E-state index contributed by atoms with van der Waals surface area (Å²) in [5, 5.41) is 8.05. The van der Waals surface area contributed by atoms with Gasteiger partial charge in [0.1, 0.15) is 22.9 Å². The van der Waals surface area contributed by atoms with Crippen LogP contribution in [0.2, 0.25) is 0 Å². The number of hydrogen-bond donors (Lipinski definition) is 4. The normalized spacial score (nSPS) is 12.2. The number of fused-ring (bicyclic) bond motifs is 2. The average Bonchev–Trinajstić information content (AvgIpc) is 3.60. The lowest BCUT2D eigenvalue weighted by molar-refractivity contribution is -0.274. The summed E-state index contributed by atoms with van der Waals surface area (Å²) in [5.74, 6) is 0.929. The topological polar surface area (TPSA) is 141 Å². The number of imidazole rings is 1. The number of aromatic nitrogens is 2. The quantitative estimate of drug-likeness (QED) is 0.184. The third-order valence-electron chi connectivity index (χ3n) is 6.57. The fraction of sp³-hybridized carbons (Fsp3) is 0.100. The molecule has 0 spiro atoms. The second-order valence-electron chi connectivity index (χ2n) is 9.59. The van der Waals surface area contributed by atoms with Gasteiger partial charge in [0, 0.05) is 29.7 Å². The lowest BCUT2D eigenvalue weighted by Crippen LogP contribution is -2.23. The van der Waals surface area contributed by atoms with E-state index in [1.165, 1.54) is 12.1 Å². The number of halogens is 3. The lowest BCUT2D eigenvalue weighted by Gasteiger charge is -2.11. The van der Waals surface area contributed by atoms with Gasteiger partial charge < -0.3 is 35.9 Å². The highest BCUT2D eigenvalue weighted by atomic mass is 19.4. The average molecular weight is 605 g/mol. The minimum atomic E-state index is -4.80. The van der Waals surface area contributed by atoms with Crippen molar-refractivity contribution in [3.8, 4) is 28.5 Å². The fourth-order valence-corrected chi connectivity index (χ4v) is 4.49. The van der Waals surface area contributed by atoms with E-state index >= 15 is 0 Å². The summed E-state index contributed by atoms with van der Waals surface area (Å²) in [6.45, 7) is 0.463. The second kappa shape index (κ2) is 11.4. The van der Waals surface area contributed by atoms with Gasteiger partial charge in [0.25, 0.3) is 5.91 Å². The molecule has 0 radical (unpaired) electrons. The Kier molecular flexibility index (Phi) is 7.31. The number of nitrogens with two attached hydrogens (primary N) is 1. The Morgan fingerprint density at radius 1 is 0.909 bits per heavy atom. The van der Waals surface area contributed by atoms with E-state index in [2.05, 4.69) is 25.7 Å². The Morgan fingerprint density at radius 2 is 1.59 bits per heavy atom. The van der Waals surface area contributed by atoms with E-state index in [0.29, 0.717) is 52.0 Å². The number of alkyl halides is 3. The molecule has 5 N–H and O–H groups in total. The summed E-state index contributed by atoms with van der Waals surface area (Å²) in [6.07, 6.45) is -3.19. The summed E-state index contributed by atoms with van der Waals surface area (Å²) in [7, 11) is 0. The van der Waals surface area contributed by atoms with Crippen LogP contribution in [0.3, 0.4) is 0 Å². The molecule has 11 nitrogen and oxygen atoms in total. The van der Waals surface area contributed by atoms with Gasteiger partial charge in [0.2, 0.25) is 6.79 Å². The molecule has 44 heavy (non-hydrogen) atoms. The van der Waals surface area contributed by atoms with E-state index in [0.717, 1.165) is 17.7 Å². The van der Waals surface area contributed by atoms with Gasteiger partial charge >= 0.3 is 12.4 Å².